The lowest BCUT2D eigenvalue weighted by molar-refractivity contribution is 0.194. The van der Waals surface area contributed by atoms with Crippen LogP contribution in [0, 0.1) is 6.92 Å². The van der Waals surface area contributed by atoms with Crippen LogP contribution < -0.4 is 5.32 Å². The van der Waals surface area contributed by atoms with Crippen LogP contribution in [0.15, 0.2) is 12.1 Å². The Kier molecular flexibility index (Phi) is 5.61. The number of carbonyl (C=O) groups is 1. The number of hydrogen-bond acceptors (Lipinski definition) is 3. The monoisotopic (exact) mass is 253 g/mol. The predicted octanol–water partition coefficient (Wildman–Crippen LogP) is 0.832. The van der Waals surface area contributed by atoms with E-state index < -0.39 is 6.09 Å². The summed E-state index contributed by atoms with van der Waals surface area (Å²) in [5.74, 6) is 0. The van der Waals surface area contributed by atoms with Gasteiger partial charge in [0.2, 0.25) is 0 Å². The average molecular weight is 253 g/mol. The van der Waals surface area contributed by atoms with Gasteiger partial charge in [0, 0.05) is 19.8 Å². The number of rotatable bonds is 6. The quantitative estimate of drug-likeness (QED) is 0.604. The van der Waals surface area contributed by atoms with Crippen molar-refractivity contribution < 1.29 is 20.1 Å². The second kappa shape index (κ2) is 6.98. The van der Waals surface area contributed by atoms with Gasteiger partial charge in [-0.05, 0) is 42.0 Å². The van der Waals surface area contributed by atoms with E-state index in [9.17, 15) is 4.79 Å². The summed E-state index contributed by atoms with van der Waals surface area (Å²) in [7, 11) is 0. The molecule has 0 radical (unpaired) electrons. The average Bonchev–Trinajstić information content (AvgIpc) is 2.33. The van der Waals surface area contributed by atoms with Crippen molar-refractivity contribution in [3.8, 4) is 0 Å². The summed E-state index contributed by atoms with van der Waals surface area (Å²) in [6.07, 6.45) is -0.0134. The molecule has 0 saturated heterocycles. The van der Waals surface area contributed by atoms with Crippen molar-refractivity contribution in [2.75, 3.05) is 13.2 Å². The minimum absolute atomic E-state index is 0.0174. The summed E-state index contributed by atoms with van der Waals surface area (Å²) in [6, 6.07) is 3.74. The molecule has 5 nitrogen and oxygen atoms in total. The van der Waals surface area contributed by atoms with E-state index in [1.165, 1.54) is 0 Å². The minimum atomic E-state index is -1.07. The topological polar surface area (TPSA) is 89.8 Å². The summed E-state index contributed by atoms with van der Waals surface area (Å²) >= 11 is 0. The Hall–Kier alpha value is -1.59. The van der Waals surface area contributed by atoms with E-state index in [0.717, 1.165) is 22.3 Å². The van der Waals surface area contributed by atoms with Crippen molar-refractivity contribution in [3.63, 3.8) is 0 Å². The molecule has 5 heteroatoms. The van der Waals surface area contributed by atoms with E-state index >= 15 is 0 Å². The maximum Gasteiger partial charge on any atom is 0.404 e. The van der Waals surface area contributed by atoms with Gasteiger partial charge in [0.25, 0.3) is 0 Å². The molecule has 0 bridgehead atoms. The Morgan fingerprint density at radius 3 is 2.33 bits per heavy atom. The number of amides is 1. The fraction of sp³-hybridized carbons (Fsp3) is 0.462. The van der Waals surface area contributed by atoms with Crippen LogP contribution in [0.3, 0.4) is 0 Å². The highest BCUT2D eigenvalue weighted by atomic mass is 16.4. The number of aliphatic hydroxyl groups excluding tert-OH is 2. The van der Waals surface area contributed by atoms with E-state index in [-0.39, 0.29) is 19.8 Å². The van der Waals surface area contributed by atoms with Crippen LogP contribution in [0.2, 0.25) is 0 Å². The highest BCUT2D eigenvalue weighted by Crippen LogP contribution is 2.20. The Balaban J connectivity index is 3.01. The smallest absolute Gasteiger partial charge is 0.404 e. The molecule has 0 fully saturated rings. The number of nitrogens with one attached hydrogen (secondary N) is 1. The molecule has 1 amide bonds. The Morgan fingerprint density at radius 1 is 1.17 bits per heavy atom. The fourth-order valence-electron chi connectivity index (χ4n) is 2.05. The van der Waals surface area contributed by atoms with Crippen LogP contribution in [0.25, 0.3) is 0 Å². The van der Waals surface area contributed by atoms with Crippen LogP contribution in [0.5, 0.6) is 0 Å². The molecular weight excluding hydrogens is 234 g/mol. The number of hydrogen-bond donors (Lipinski definition) is 4. The van der Waals surface area contributed by atoms with E-state index in [1.807, 2.05) is 19.1 Å². The Labute approximate surface area is 106 Å². The summed E-state index contributed by atoms with van der Waals surface area (Å²) < 4.78 is 0. The lowest BCUT2D eigenvalue weighted by atomic mass is 9.93. The van der Waals surface area contributed by atoms with Crippen molar-refractivity contribution in [1.29, 1.82) is 0 Å². The molecule has 18 heavy (non-hydrogen) atoms. The molecule has 100 valence electrons. The summed E-state index contributed by atoms with van der Waals surface area (Å²) in [4.78, 5) is 10.5. The largest absolute Gasteiger partial charge is 0.465 e. The van der Waals surface area contributed by atoms with Gasteiger partial charge in [0.05, 0.1) is 0 Å². The van der Waals surface area contributed by atoms with E-state index in [1.54, 1.807) is 0 Å². The minimum Gasteiger partial charge on any atom is -0.465 e. The van der Waals surface area contributed by atoms with Gasteiger partial charge in [-0.2, -0.15) is 0 Å². The lowest BCUT2D eigenvalue weighted by Gasteiger charge is -2.15. The SMILES string of the molecule is Cc1c(CCO)ccc(CNC(=O)O)c1CCO. The van der Waals surface area contributed by atoms with Gasteiger partial charge in [-0.3, -0.25) is 0 Å². The zero-order valence-corrected chi connectivity index (χ0v) is 10.4. The van der Waals surface area contributed by atoms with Gasteiger partial charge in [-0.25, -0.2) is 4.79 Å². The normalized spacial score (nSPS) is 10.4. The molecule has 0 atom stereocenters. The number of carboxylic acid groups (broad SMARTS) is 1. The summed E-state index contributed by atoms with van der Waals surface area (Å²) in [5.41, 5.74) is 3.87. The van der Waals surface area contributed by atoms with E-state index in [0.29, 0.717) is 12.8 Å². The molecule has 1 aromatic carbocycles. The molecule has 1 aromatic rings. The lowest BCUT2D eigenvalue weighted by Crippen LogP contribution is -2.21. The maximum absolute atomic E-state index is 10.5. The van der Waals surface area contributed by atoms with Crippen molar-refractivity contribution >= 4 is 6.09 Å². The van der Waals surface area contributed by atoms with Gasteiger partial charge in [0.15, 0.2) is 0 Å². The van der Waals surface area contributed by atoms with E-state index in [4.69, 9.17) is 15.3 Å². The molecule has 0 aliphatic rings. The van der Waals surface area contributed by atoms with Gasteiger partial charge in [0.1, 0.15) is 0 Å². The fourth-order valence-corrected chi connectivity index (χ4v) is 2.05. The molecule has 0 saturated carbocycles. The Bertz CT molecular complexity index is 418. The molecule has 4 N–H and O–H groups in total. The number of aliphatic hydroxyl groups is 2. The van der Waals surface area contributed by atoms with Crippen molar-refractivity contribution in [1.82, 2.24) is 5.32 Å². The third kappa shape index (κ3) is 3.72. The molecule has 0 unspecified atom stereocenters. The molecular formula is C13H19NO4. The highest BCUT2D eigenvalue weighted by Gasteiger charge is 2.10. The second-order valence-corrected chi connectivity index (χ2v) is 4.09. The molecule has 0 aromatic heterocycles. The molecule has 1 rings (SSSR count). The van der Waals surface area contributed by atoms with Crippen molar-refractivity contribution in [2.45, 2.75) is 26.3 Å². The maximum atomic E-state index is 10.5. The van der Waals surface area contributed by atoms with Crippen LogP contribution in [-0.4, -0.2) is 34.6 Å². The first kappa shape index (κ1) is 14.5. The number of benzene rings is 1. The van der Waals surface area contributed by atoms with Crippen molar-refractivity contribution in [3.05, 3.63) is 34.4 Å². The first-order chi connectivity index (χ1) is 8.60. The van der Waals surface area contributed by atoms with Crippen LogP contribution in [-0.2, 0) is 19.4 Å². The third-order valence-corrected chi connectivity index (χ3v) is 2.98. The molecule has 0 heterocycles. The Morgan fingerprint density at radius 2 is 1.78 bits per heavy atom. The van der Waals surface area contributed by atoms with Crippen LogP contribution >= 0.6 is 0 Å². The highest BCUT2D eigenvalue weighted by molar-refractivity contribution is 5.64. The zero-order chi connectivity index (χ0) is 13.5. The van der Waals surface area contributed by atoms with Crippen LogP contribution in [0.1, 0.15) is 22.3 Å². The predicted molar refractivity (Wildman–Crippen MR) is 67.6 cm³/mol. The molecule has 0 aliphatic heterocycles. The van der Waals surface area contributed by atoms with Gasteiger partial charge >= 0.3 is 6.09 Å². The summed E-state index contributed by atoms with van der Waals surface area (Å²) in [5, 5.41) is 29.0. The van der Waals surface area contributed by atoms with Gasteiger partial charge in [-0.15, -0.1) is 0 Å². The van der Waals surface area contributed by atoms with Crippen LogP contribution in [0.4, 0.5) is 4.79 Å². The first-order valence-corrected chi connectivity index (χ1v) is 5.89. The third-order valence-electron chi connectivity index (χ3n) is 2.98. The standard InChI is InChI=1S/C13H19NO4/c1-9-10(4-6-15)2-3-11(8-14-13(17)18)12(9)5-7-16/h2-3,14-16H,4-8H2,1H3,(H,17,18). The van der Waals surface area contributed by atoms with Crippen molar-refractivity contribution in [2.24, 2.45) is 0 Å². The molecule has 0 spiro atoms. The van der Waals surface area contributed by atoms with Gasteiger partial charge < -0.3 is 20.6 Å². The molecule has 0 aliphatic carbocycles. The van der Waals surface area contributed by atoms with E-state index in [2.05, 4.69) is 5.32 Å². The zero-order valence-electron chi connectivity index (χ0n) is 10.4. The second-order valence-electron chi connectivity index (χ2n) is 4.09. The van der Waals surface area contributed by atoms with Gasteiger partial charge in [-0.1, -0.05) is 12.1 Å². The summed E-state index contributed by atoms with van der Waals surface area (Å²) in [6.45, 7) is 2.25. The first-order valence-electron chi connectivity index (χ1n) is 5.89.